The van der Waals surface area contributed by atoms with Crippen LogP contribution in [0.4, 0.5) is 8.78 Å². The van der Waals surface area contributed by atoms with Gasteiger partial charge in [-0.25, -0.2) is 8.78 Å². The highest BCUT2D eigenvalue weighted by atomic mass is 19.2. The summed E-state index contributed by atoms with van der Waals surface area (Å²) in [5.74, 6) is -1.81. The number of rotatable bonds is 3. The molecule has 96 valence electrons. The molecule has 0 aromatic heterocycles. The minimum absolute atomic E-state index is 0.0297. The first-order valence-electron chi connectivity index (χ1n) is 6.31. The van der Waals surface area contributed by atoms with Gasteiger partial charge in [0.15, 0.2) is 17.4 Å². The third-order valence-electron chi connectivity index (χ3n) is 3.22. The summed E-state index contributed by atoms with van der Waals surface area (Å²) in [6.45, 7) is 0. The molecule has 1 aliphatic rings. The maximum Gasteiger partial charge on any atom is 0.160 e. The van der Waals surface area contributed by atoms with Crippen molar-refractivity contribution in [2.45, 2.75) is 38.5 Å². The van der Waals surface area contributed by atoms with E-state index in [9.17, 15) is 13.6 Å². The van der Waals surface area contributed by atoms with Gasteiger partial charge in [0.05, 0.1) is 0 Å². The second-order valence-corrected chi connectivity index (χ2v) is 4.75. The second-order valence-electron chi connectivity index (χ2n) is 4.75. The molecule has 0 amide bonds. The van der Waals surface area contributed by atoms with Gasteiger partial charge in [-0.1, -0.05) is 18.1 Å². The van der Waals surface area contributed by atoms with Crippen molar-refractivity contribution < 1.29 is 13.6 Å². The SMILES string of the molecule is O=C(C=C1CCCCC1)Cc1ccc(F)c(F)c1. The summed E-state index contributed by atoms with van der Waals surface area (Å²) in [7, 11) is 0. The van der Waals surface area contributed by atoms with Crippen LogP contribution in [0.5, 0.6) is 0 Å². The van der Waals surface area contributed by atoms with E-state index in [1.54, 1.807) is 6.08 Å². The zero-order valence-corrected chi connectivity index (χ0v) is 10.2. The standard InChI is InChI=1S/C15H16F2O/c16-14-7-6-12(10-15(14)17)9-13(18)8-11-4-2-1-3-5-11/h6-8,10H,1-5,9H2. The van der Waals surface area contributed by atoms with Crippen LogP contribution >= 0.6 is 0 Å². The molecule has 0 aliphatic heterocycles. The topological polar surface area (TPSA) is 17.1 Å². The Balaban J connectivity index is 2.00. The minimum atomic E-state index is -0.898. The number of hydrogen-bond acceptors (Lipinski definition) is 1. The predicted molar refractivity (Wildman–Crippen MR) is 66.2 cm³/mol. The van der Waals surface area contributed by atoms with E-state index in [1.165, 1.54) is 18.1 Å². The number of halogens is 2. The summed E-state index contributed by atoms with van der Waals surface area (Å²) in [5.41, 5.74) is 1.71. The third kappa shape index (κ3) is 3.49. The van der Waals surface area contributed by atoms with Crippen molar-refractivity contribution in [3.05, 3.63) is 47.0 Å². The second kappa shape index (κ2) is 5.89. The van der Waals surface area contributed by atoms with Crippen LogP contribution in [0.2, 0.25) is 0 Å². The average molecular weight is 250 g/mol. The van der Waals surface area contributed by atoms with Crippen LogP contribution in [0.1, 0.15) is 37.7 Å². The zero-order valence-electron chi connectivity index (χ0n) is 10.2. The lowest BCUT2D eigenvalue weighted by Crippen LogP contribution is -2.03. The van der Waals surface area contributed by atoms with Gasteiger partial charge in [-0.3, -0.25) is 4.79 Å². The van der Waals surface area contributed by atoms with Gasteiger partial charge >= 0.3 is 0 Å². The number of allylic oxidation sites excluding steroid dienone is 2. The lowest BCUT2D eigenvalue weighted by Gasteiger charge is -2.12. The van der Waals surface area contributed by atoms with Crippen molar-refractivity contribution in [3.63, 3.8) is 0 Å². The zero-order chi connectivity index (χ0) is 13.0. The van der Waals surface area contributed by atoms with E-state index in [-0.39, 0.29) is 12.2 Å². The molecule has 0 atom stereocenters. The summed E-state index contributed by atoms with van der Waals surface area (Å²) in [6, 6.07) is 3.61. The molecule has 3 heteroatoms. The van der Waals surface area contributed by atoms with Crippen molar-refractivity contribution in [2.75, 3.05) is 0 Å². The summed E-state index contributed by atoms with van der Waals surface area (Å²) in [5, 5.41) is 0. The molecule has 1 aromatic rings. The van der Waals surface area contributed by atoms with Crippen LogP contribution in [0.3, 0.4) is 0 Å². The number of carbonyl (C=O) groups is 1. The molecule has 0 spiro atoms. The number of hydrogen-bond donors (Lipinski definition) is 0. The van der Waals surface area contributed by atoms with Crippen LogP contribution in [0, 0.1) is 11.6 Å². The molecule has 1 aromatic carbocycles. The van der Waals surface area contributed by atoms with Gasteiger partial charge in [0.1, 0.15) is 0 Å². The van der Waals surface area contributed by atoms with Crippen LogP contribution < -0.4 is 0 Å². The highest BCUT2D eigenvalue weighted by Crippen LogP contribution is 2.22. The maximum atomic E-state index is 13.0. The van der Waals surface area contributed by atoms with E-state index in [1.807, 2.05) is 0 Å². The van der Waals surface area contributed by atoms with E-state index in [4.69, 9.17) is 0 Å². The largest absolute Gasteiger partial charge is 0.294 e. The van der Waals surface area contributed by atoms with Crippen molar-refractivity contribution in [1.82, 2.24) is 0 Å². The van der Waals surface area contributed by atoms with Gasteiger partial charge in [0.25, 0.3) is 0 Å². The van der Waals surface area contributed by atoms with Crippen molar-refractivity contribution in [2.24, 2.45) is 0 Å². The minimum Gasteiger partial charge on any atom is -0.294 e. The van der Waals surface area contributed by atoms with Crippen molar-refractivity contribution >= 4 is 5.78 Å². The predicted octanol–water partition coefficient (Wildman–Crippen LogP) is 3.97. The summed E-state index contributed by atoms with van der Waals surface area (Å²) in [6.07, 6.45) is 7.32. The fraction of sp³-hybridized carbons (Fsp3) is 0.400. The number of benzene rings is 1. The van der Waals surface area contributed by atoms with Crippen LogP contribution in [-0.4, -0.2) is 5.78 Å². The van der Waals surface area contributed by atoms with Gasteiger partial charge in [0.2, 0.25) is 0 Å². The molecule has 0 heterocycles. The van der Waals surface area contributed by atoms with Gasteiger partial charge < -0.3 is 0 Å². The molecular weight excluding hydrogens is 234 g/mol. The van der Waals surface area contributed by atoms with Crippen LogP contribution in [-0.2, 0) is 11.2 Å². The lowest BCUT2D eigenvalue weighted by molar-refractivity contribution is -0.114. The van der Waals surface area contributed by atoms with Crippen molar-refractivity contribution in [1.29, 1.82) is 0 Å². The van der Waals surface area contributed by atoms with Gasteiger partial charge in [-0.05, 0) is 49.5 Å². The third-order valence-corrected chi connectivity index (χ3v) is 3.22. The molecule has 1 aliphatic carbocycles. The summed E-state index contributed by atoms with van der Waals surface area (Å²) < 4.78 is 25.7. The lowest BCUT2D eigenvalue weighted by atomic mass is 9.93. The van der Waals surface area contributed by atoms with Gasteiger partial charge in [-0.2, -0.15) is 0 Å². The Morgan fingerprint density at radius 3 is 2.50 bits per heavy atom. The van der Waals surface area contributed by atoms with E-state index >= 15 is 0 Å². The monoisotopic (exact) mass is 250 g/mol. The number of carbonyl (C=O) groups excluding carboxylic acids is 1. The van der Waals surface area contributed by atoms with E-state index < -0.39 is 11.6 Å². The molecule has 0 bridgehead atoms. The van der Waals surface area contributed by atoms with Crippen LogP contribution in [0.25, 0.3) is 0 Å². The molecule has 1 fully saturated rings. The molecule has 0 unspecified atom stereocenters. The Morgan fingerprint density at radius 2 is 1.83 bits per heavy atom. The first kappa shape index (κ1) is 12.9. The molecule has 1 saturated carbocycles. The fourth-order valence-corrected chi connectivity index (χ4v) is 2.28. The Kier molecular flexibility index (Phi) is 4.24. The molecule has 0 radical (unpaired) electrons. The fourth-order valence-electron chi connectivity index (χ4n) is 2.28. The Labute approximate surface area is 106 Å². The Hall–Kier alpha value is -1.51. The van der Waals surface area contributed by atoms with E-state index in [2.05, 4.69) is 0 Å². The van der Waals surface area contributed by atoms with Gasteiger partial charge in [0, 0.05) is 6.42 Å². The van der Waals surface area contributed by atoms with E-state index in [0.717, 1.165) is 37.8 Å². The number of ketones is 1. The molecule has 1 nitrogen and oxygen atoms in total. The maximum absolute atomic E-state index is 13.0. The first-order chi connectivity index (χ1) is 8.65. The molecule has 0 N–H and O–H groups in total. The van der Waals surface area contributed by atoms with E-state index in [0.29, 0.717) is 5.56 Å². The smallest absolute Gasteiger partial charge is 0.160 e. The summed E-state index contributed by atoms with van der Waals surface area (Å²) >= 11 is 0. The first-order valence-corrected chi connectivity index (χ1v) is 6.31. The quantitative estimate of drug-likeness (QED) is 0.742. The average Bonchev–Trinajstić information content (AvgIpc) is 2.35. The highest BCUT2D eigenvalue weighted by Gasteiger charge is 2.09. The highest BCUT2D eigenvalue weighted by molar-refractivity contribution is 5.92. The molecule has 0 saturated heterocycles. The molecule has 2 rings (SSSR count). The Morgan fingerprint density at radius 1 is 1.11 bits per heavy atom. The summed E-state index contributed by atoms with van der Waals surface area (Å²) in [4.78, 5) is 11.8. The van der Waals surface area contributed by atoms with Gasteiger partial charge in [-0.15, -0.1) is 0 Å². The van der Waals surface area contributed by atoms with Crippen LogP contribution in [0.15, 0.2) is 29.8 Å². The molecular formula is C15H16F2O. The Bertz CT molecular complexity index is 469. The van der Waals surface area contributed by atoms with Crippen molar-refractivity contribution in [3.8, 4) is 0 Å². The normalized spacial score (nSPS) is 15.6. The molecule has 18 heavy (non-hydrogen) atoms.